The average molecular weight is 322 g/mol. The maximum Gasteiger partial charge on any atom is 0.284 e. The molecule has 2 aromatic rings. The Bertz CT molecular complexity index is 728. The van der Waals surface area contributed by atoms with Crippen molar-refractivity contribution in [1.29, 1.82) is 0 Å². The Morgan fingerprint density at radius 3 is 2.61 bits per heavy atom. The number of halogens is 2. The Hall–Kier alpha value is -2.90. The summed E-state index contributed by atoms with van der Waals surface area (Å²) in [5.41, 5.74) is 5.27. The molecular weight excluding hydrogens is 306 g/mol. The number of carbonyl (C=O) groups excluding carboxylic acids is 1. The van der Waals surface area contributed by atoms with Gasteiger partial charge in [-0.15, -0.1) is 0 Å². The minimum absolute atomic E-state index is 0.0616. The van der Waals surface area contributed by atoms with Crippen LogP contribution in [0.2, 0.25) is 0 Å². The van der Waals surface area contributed by atoms with Gasteiger partial charge in [-0.3, -0.25) is 9.79 Å². The summed E-state index contributed by atoms with van der Waals surface area (Å²) in [4.78, 5) is 14.9. The maximum absolute atomic E-state index is 13.5. The Balaban J connectivity index is 1.90. The maximum atomic E-state index is 13.5. The second-order valence-corrected chi connectivity index (χ2v) is 4.65. The molecule has 2 rings (SSSR count). The normalized spacial score (nSPS) is 11.3. The Morgan fingerprint density at radius 1 is 1.22 bits per heavy atom. The molecule has 1 aromatic heterocycles. The summed E-state index contributed by atoms with van der Waals surface area (Å²) >= 11 is 0. The number of nitrogens with two attached hydrogens (primary N) is 1. The monoisotopic (exact) mass is 322 g/mol. The van der Waals surface area contributed by atoms with E-state index in [1.165, 1.54) is 13.1 Å². The highest BCUT2D eigenvalue weighted by Gasteiger charge is 2.08. The van der Waals surface area contributed by atoms with Gasteiger partial charge in [0.15, 0.2) is 11.7 Å². The number of hydrogen-bond donors (Lipinski definition) is 3. The minimum atomic E-state index is -0.652. The summed E-state index contributed by atoms with van der Waals surface area (Å²) < 4.78 is 31.8. The topological polar surface area (TPSA) is 92.6 Å². The summed E-state index contributed by atoms with van der Waals surface area (Å²) in [7, 11) is 1.54. The molecule has 0 spiro atoms. The molecule has 8 heteroatoms. The molecule has 1 aromatic carbocycles. The van der Waals surface area contributed by atoms with Gasteiger partial charge in [0.2, 0.25) is 0 Å². The van der Waals surface area contributed by atoms with E-state index in [2.05, 4.69) is 15.6 Å². The van der Waals surface area contributed by atoms with Crippen molar-refractivity contribution in [2.24, 2.45) is 10.7 Å². The molecule has 122 valence electrons. The summed E-state index contributed by atoms with van der Waals surface area (Å²) in [5.74, 6) is -0.761. The van der Waals surface area contributed by atoms with E-state index in [-0.39, 0.29) is 24.4 Å². The summed E-state index contributed by atoms with van der Waals surface area (Å²) in [5, 5.41) is 5.77. The third-order valence-corrected chi connectivity index (χ3v) is 3.01. The zero-order valence-corrected chi connectivity index (χ0v) is 12.4. The van der Waals surface area contributed by atoms with E-state index >= 15 is 0 Å². The van der Waals surface area contributed by atoms with Gasteiger partial charge in [-0.1, -0.05) is 0 Å². The molecule has 1 heterocycles. The number of guanidine groups is 1. The molecular formula is C15H16F2N4O2. The number of carbonyl (C=O) groups is 1. The Kier molecular flexibility index (Phi) is 5.29. The van der Waals surface area contributed by atoms with Crippen LogP contribution < -0.4 is 16.4 Å². The van der Waals surface area contributed by atoms with Gasteiger partial charge in [0.25, 0.3) is 5.91 Å². The molecule has 0 radical (unpaired) electrons. The first-order chi connectivity index (χ1) is 11.0. The van der Waals surface area contributed by atoms with Gasteiger partial charge in [-0.05, 0) is 30.3 Å². The van der Waals surface area contributed by atoms with Crippen LogP contribution >= 0.6 is 0 Å². The van der Waals surface area contributed by atoms with Crippen molar-refractivity contribution in [3.63, 3.8) is 0 Å². The lowest BCUT2D eigenvalue weighted by atomic mass is 10.2. The third kappa shape index (κ3) is 4.53. The quantitative estimate of drug-likeness (QED) is 0.575. The fourth-order valence-corrected chi connectivity index (χ4v) is 1.85. The lowest BCUT2D eigenvalue weighted by Gasteiger charge is -2.11. The van der Waals surface area contributed by atoms with Crippen molar-refractivity contribution in [2.45, 2.75) is 13.1 Å². The van der Waals surface area contributed by atoms with Crippen LogP contribution in [0.25, 0.3) is 0 Å². The van der Waals surface area contributed by atoms with E-state index in [9.17, 15) is 13.6 Å². The highest BCUT2D eigenvalue weighted by Crippen LogP contribution is 2.09. The first-order valence-electron chi connectivity index (χ1n) is 6.76. The van der Waals surface area contributed by atoms with E-state index in [0.29, 0.717) is 11.7 Å². The second-order valence-electron chi connectivity index (χ2n) is 4.65. The third-order valence-electron chi connectivity index (χ3n) is 3.01. The van der Waals surface area contributed by atoms with Crippen LogP contribution in [0.15, 0.2) is 39.7 Å². The van der Waals surface area contributed by atoms with Gasteiger partial charge in [-0.25, -0.2) is 8.78 Å². The smallest absolute Gasteiger partial charge is 0.284 e. The van der Waals surface area contributed by atoms with Crippen LogP contribution in [0.3, 0.4) is 0 Å². The number of aliphatic imine (C=N–C) groups is 1. The van der Waals surface area contributed by atoms with Crippen molar-refractivity contribution >= 4 is 11.9 Å². The van der Waals surface area contributed by atoms with Crippen LogP contribution in [-0.4, -0.2) is 18.9 Å². The molecule has 0 aliphatic heterocycles. The van der Waals surface area contributed by atoms with E-state index in [1.54, 1.807) is 6.07 Å². The first kappa shape index (κ1) is 16.5. The SMILES string of the molecule is CN=C(NCc1ccc(C(N)=O)o1)NCc1cc(F)ccc1F. The van der Waals surface area contributed by atoms with Crippen LogP contribution in [0.5, 0.6) is 0 Å². The van der Waals surface area contributed by atoms with Crippen molar-refractivity contribution in [3.05, 3.63) is 59.1 Å². The van der Waals surface area contributed by atoms with Gasteiger partial charge in [-0.2, -0.15) is 0 Å². The summed E-state index contributed by atoms with van der Waals surface area (Å²) in [6.07, 6.45) is 0. The van der Waals surface area contributed by atoms with Gasteiger partial charge in [0.05, 0.1) is 6.54 Å². The number of nitrogens with one attached hydrogen (secondary N) is 2. The van der Waals surface area contributed by atoms with E-state index in [1.807, 2.05) is 0 Å². The zero-order chi connectivity index (χ0) is 16.8. The molecule has 1 amide bonds. The molecule has 23 heavy (non-hydrogen) atoms. The number of amides is 1. The molecule has 0 saturated carbocycles. The predicted molar refractivity (Wildman–Crippen MR) is 80.6 cm³/mol. The number of nitrogens with zero attached hydrogens (tertiary/aromatic N) is 1. The fourth-order valence-electron chi connectivity index (χ4n) is 1.85. The van der Waals surface area contributed by atoms with E-state index < -0.39 is 17.5 Å². The molecule has 6 nitrogen and oxygen atoms in total. The molecule has 0 aliphatic carbocycles. The van der Waals surface area contributed by atoms with Gasteiger partial charge < -0.3 is 20.8 Å². The number of rotatable bonds is 5. The molecule has 0 saturated heterocycles. The Morgan fingerprint density at radius 2 is 1.96 bits per heavy atom. The fraction of sp³-hybridized carbons (Fsp3) is 0.200. The largest absolute Gasteiger partial charge is 0.454 e. The lowest BCUT2D eigenvalue weighted by molar-refractivity contribution is 0.0972. The van der Waals surface area contributed by atoms with Crippen molar-refractivity contribution in [2.75, 3.05) is 7.05 Å². The Labute approximate surface area is 131 Å². The molecule has 0 fully saturated rings. The summed E-state index contributed by atoms with van der Waals surface area (Å²) in [6.45, 7) is 0.312. The van der Waals surface area contributed by atoms with Gasteiger partial charge in [0, 0.05) is 19.2 Å². The minimum Gasteiger partial charge on any atom is -0.454 e. The molecule has 0 bridgehead atoms. The van der Waals surface area contributed by atoms with Gasteiger partial charge in [0.1, 0.15) is 17.4 Å². The van der Waals surface area contributed by atoms with Gasteiger partial charge >= 0.3 is 0 Å². The van der Waals surface area contributed by atoms with Crippen LogP contribution in [0.1, 0.15) is 21.9 Å². The number of primary amides is 1. The van der Waals surface area contributed by atoms with E-state index in [4.69, 9.17) is 10.2 Å². The van der Waals surface area contributed by atoms with Crippen molar-refractivity contribution < 1.29 is 18.0 Å². The van der Waals surface area contributed by atoms with Crippen molar-refractivity contribution in [3.8, 4) is 0 Å². The number of hydrogen-bond acceptors (Lipinski definition) is 3. The van der Waals surface area contributed by atoms with Crippen LogP contribution in [0.4, 0.5) is 8.78 Å². The van der Waals surface area contributed by atoms with Crippen LogP contribution in [-0.2, 0) is 13.1 Å². The first-order valence-corrected chi connectivity index (χ1v) is 6.76. The number of benzene rings is 1. The van der Waals surface area contributed by atoms with E-state index in [0.717, 1.165) is 18.2 Å². The molecule has 0 atom stereocenters. The summed E-state index contributed by atoms with van der Waals surface area (Å²) in [6, 6.07) is 6.31. The zero-order valence-electron chi connectivity index (χ0n) is 12.4. The highest BCUT2D eigenvalue weighted by molar-refractivity contribution is 5.89. The average Bonchev–Trinajstić information content (AvgIpc) is 3.00. The molecule has 0 aliphatic rings. The highest BCUT2D eigenvalue weighted by atomic mass is 19.1. The lowest BCUT2D eigenvalue weighted by Crippen LogP contribution is -2.36. The predicted octanol–water partition coefficient (Wildman–Crippen LogP) is 1.52. The van der Waals surface area contributed by atoms with Crippen molar-refractivity contribution in [1.82, 2.24) is 10.6 Å². The molecule has 0 unspecified atom stereocenters. The van der Waals surface area contributed by atoms with Crippen LogP contribution in [0, 0.1) is 11.6 Å². The number of furan rings is 1. The molecule has 4 N–H and O–H groups in total. The standard InChI is InChI=1S/C15H16F2N4O2/c1-19-15(20-7-9-6-10(16)2-4-12(9)17)21-8-11-3-5-13(23-11)14(18)22/h2-6H,7-8H2,1H3,(H2,18,22)(H2,19,20,21). The second kappa shape index (κ2) is 7.39.